The molecule has 15 nitrogen and oxygen atoms in total. The Morgan fingerprint density at radius 2 is 0.758 bits per heavy atom. The lowest BCUT2D eigenvalue weighted by molar-refractivity contribution is 0.582. The van der Waals surface area contributed by atoms with Crippen LogP contribution in [0.2, 0.25) is 0 Å². The van der Waals surface area contributed by atoms with Crippen LogP contribution >= 0.6 is 0 Å². The summed E-state index contributed by atoms with van der Waals surface area (Å²) in [7, 11) is -11.1. The quantitative estimate of drug-likeness (QED) is 0.138. The molecule has 6 N–H and O–H groups in total. The molecule has 1 aromatic heterocycles. The number of hydrogen-bond acceptors (Lipinski definition) is 12. The van der Waals surface area contributed by atoms with Crippen molar-refractivity contribution >= 4 is 47.9 Å². The van der Waals surface area contributed by atoms with Gasteiger partial charge in [-0.2, -0.15) is 15.0 Å². The Bertz CT molecular complexity index is 903. The van der Waals surface area contributed by atoms with Gasteiger partial charge < -0.3 is 0 Å². The summed E-state index contributed by atoms with van der Waals surface area (Å²) in [5.41, 5.74) is 6.91. The maximum Gasteiger partial charge on any atom is 0.244 e. The van der Waals surface area contributed by atoms with Crippen molar-refractivity contribution in [2.45, 2.75) is 59.3 Å². The molecule has 0 atom stereocenters. The first-order chi connectivity index (χ1) is 15.4. The van der Waals surface area contributed by atoms with Gasteiger partial charge in [-0.15, -0.1) is 14.5 Å². The van der Waals surface area contributed by atoms with Crippen LogP contribution in [0.3, 0.4) is 0 Å². The van der Waals surface area contributed by atoms with Crippen LogP contribution in [-0.4, -0.2) is 57.5 Å². The molecule has 1 heterocycles. The van der Waals surface area contributed by atoms with Crippen LogP contribution < -0.4 is 30.8 Å². The Morgan fingerprint density at radius 1 is 0.515 bits per heavy atom. The zero-order chi connectivity index (χ0) is 25.0. The molecule has 0 saturated carbocycles. The highest BCUT2D eigenvalue weighted by Crippen LogP contribution is 2.09. The SMILES string of the molecule is CCCCS(=O)(=O)NNc1nc(NNS(=O)(=O)CCCC)nc(NNS(=O)(=O)CCCC)n1. The molecule has 18 heteroatoms. The number of aromatic nitrogens is 3. The number of anilines is 3. The summed E-state index contributed by atoms with van der Waals surface area (Å²) >= 11 is 0. The first kappa shape index (κ1) is 29.2. The summed E-state index contributed by atoms with van der Waals surface area (Å²) in [6, 6.07) is 0. The Hall–Kier alpha value is -1.86. The van der Waals surface area contributed by atoms with Crippen LogP contribution in [0, 0.1) is 0 Å². The third-order valence-electron chi connectivity index (χ3n) is 3.89. The van der Waals surface area contributed by atoms with Gasteiger partial charge in [0.1, 0.15) is 0 Å². The highest BCUT2D eigenvalue weighted by molar-refractivity contribution is 7.90. The van der Waals surface area contributed by atoms with Gasteiger partial charge >= 0.3 is 0 Å². The second-order valence-electron chi connectivity index (χ2n) is 7.00. The molecule has 0 unspecified atom stereocenters. The number of unbranched alkanes of at least 4 members (excludes halogenated alkanes) is 3. The van der Waals surface area contributed by atoms with Crippen molar-refractivity contribution < 1.29 is 25.3 Å². The highest BCUT2D eigenvalue weighted by Gasteiger charge is 2.15. The van der Waals surface area contributed by atoms with E-state index in [2.05, 4.69) is 45.7 Å². The van der Waals surface area contributed by atoms with Crippen LogP contribution in [0.15, 0.2) is 0 Å². The normalized spacial score (nSPS) is 12.5. The zero-order valence-corrected chi connectivity index (χ0v) is 21.3. The smallest absolute Gasteiger partial charge is 0.244 e. The summed E-state index contributed by atoms with van der Waals surface area (Å²) in [5.74, 6) is -1.33. The molecule has 0 aliphatic carbocycles. The molecule has 0 aliphatic rings. The van der Waals surface area contributed by atoms with Crippen molar-refractivity contribution in [3.05, 3.63) is 0 Å². The minimum Gasteiger partial charge on any atom is -0.276 e. The molecule has 0 aromatic carbocycles. The Labute approximate surface area is 195 Å². The van der Waals surface area contributed by atoms with Gasteiger partial charge in [0.15, 0.2) is 0 Å². The van der Waals surface area contributed by atoms with Crippen molar-refractivity contribution in [1.82, 2.24) is 29.4 Å². The van der Waals surface area contributed by atoms with Gasteiger partial charge in [0.2, 0.25) is 47.9 Å². The van der Waals surface area contributed by atoms with E-state index in [-0.39, 0.29) is 35.1 Å². The number of hydrogen-bond donors (Lipinski definition) is 6. The van der Waals surface area contributed by atoms with E-state index in [9.17, 15) is 25.3 Å². The molecule has 0 amide bonds. The maximum atomic E-state index is 12.0. The molecule has 0 radical (unpaired) electrons. The van der Waals surface area contributed by atoms with Crippen LogP contribution in [0.5, 0.6) is 0 Å². The molecule has 0 aliphatic heterocycles. The second kappa shape index (κ2) is 13.8. The molecule has 0 fully saturated rings. The van der Waals surface area contributed by atoms with Crippen LogP contribution in [-0.2, 0) is 30.1 Å². The van der Waals surface area contributed by atoms with Crippen molar-refractivity contribution in [2.75, 3.05) is 33.5 Å². The van der Waals surface area contributed by atoms with E-state index in [1.807, 2.05) is 20.8 Å². The molecular weight excluding hydrogens is 498 g/mol. The molecule has 0 bridgehead atoms. The first-order valence-electron chi connectivity index (χ1n) is 10.4. The van der Waals surface area contributed by atoms with Crippen LogP contribution in [0.25, 0.3) is 0 Å². The Kier molecular flexibility index (Phi) is 12.2. The molecule has 0 saturated heterocycles. The van der Waals surface area contributed by atoms with Crippen LogP contribution in [0.1, 0.15) is 59.3 Å². The van der Waals surface area contributed by atoms with Crippen molar-refractivity contribution in [3.63, 3.8) is 0 Å². The summed E-state index contributed by atoms with van der Waals surface area (Å²) in [5, 5.41) is 0. The number of rotatable bonds is 18. The number of nitrogens with one attached hydrogen (secondary N) is 6. The predicted octanol–water partition coefficient (Wildman–Crippen LogP) is 0.0108. The van der Waals surface area contributed by atoms with E-state index < -0.39 is 30.1 Å². The van der Waals surface area contributed by atoms with E-state index in [0.717, 1.165) is 0 Å². The minimum atomic E-state index is -3.68. The predicted molar refractivity (Wildman–Crippen MR) is 126 cm³/mol. The fraction of sp³-hybridized carbons (Fsp3) is 0.800. The first-order valence-corrected chi connectivity index (χ1v) is 15.4. The monoisotopic (exact) mass is 531 g/mol. The van der Waals surface area contributed by atoms with Gasteiger partial charge in [-0.05, 0) is 19.3 Å². The Morgan fingerprint density at radius 3 is 0.970 bits per heavy atom. The fourth-order valence-corrected chi connectivity index (χ4v) is 5.12. The number of nitrogens with zero attached hydrogens (tertiary/aromatic N) is 3. The van der Waals surface area contributed by atoms with E-state index in [1.165, 1.54) is 0 Å². The van der Waals surface area contributed by atoms with Gasteiger partial charge in [-0.1, -0.05) is 40.0 Å². The van der Waals surface area contributed by atoms with Gasteiger partial charge in [0.25, 0.3) is 0 Å². The molecule has 1 aromatic rings. The summed E-state index contributed by atoms with van der Waals surface area (Å²) in [6.45, 7) is 5.52. The lowest BCUT2D eigenvalue weighted by Crippen LogP contribution is -2.36. The van der Waals surface area contributed by atoms with Gasteiger partial charge in [-0.25, -0.2) is 25.3 Å². The average molecular weight is 532 g/mol. The summed E-state index contributed by atoms with van der Waals surface area (Å²) in [6.07, 6.45) is 3.33. The zero-order valence-electron chi connectivity index (χ0n) is 18.9. The molecule has 1 rings (SSSR count). The van der Waals surface area contributed by atoms with Gasteiger partial charge in [0, 0.05) is 0 Å². The summed E-state index contributed by atoms with van der Waals surface area (Å²) in [4.78, 5) is 17.9. The highest BCUT2D eigenvalue weighted by atomic mass is 32.2. The topological polar surface area (TPSA) is 213 Å². The summed E-state index contributed by atoms with van der Waals surface area (Å²) < 4.78 is 71.9. The third kappa shape index (κ3) is 12.8. The lowest BCUT2D eigenvalue weighted by Gasteiger charge is -2.13. The van der Waals surface area contributed by atoms with E-state index in [0.29, 0.717) is 38.5 Å². The van der Waals surface area contributed by atoms with Crippen molar-refractivity contribution in [1.29, 1.82) is 0 Å². The number of sulfonamides is 3. The van der Waals surface area contributed by atoms with E-state index in [4.69, 9.17) is 0 Å². The van der Waals surface area contributed by atoms with Crippen LogP contribution in [0.4, 0.5) is 17.8 Å². The van der Waals surface area contributed by atoms with E-state index in [1.54, 1.807) is 0 Å². The molecular formula is C15H33N9O6S3. The average Bonchev–Trinajstić information content (AvgIpc) is 2.76. The lowest BCUT2D eigenvalue weighted by atomic mass is 10.4. The van der Waals surface area contributed by atoms with Gasteiger partial charge in [0.05, 0.1) is 17.3 Å². The number of hydrazine groups is 3. The van der Waals surface area contributed by atoms with Gasteiger partial charge in [-0.3, -0.25) is 16.3 Å². The Balaban J connectivity index is 3.01. The van der Waals surface area contributed by atoms with E-state index >= 15 is 0 Å². The molecule has 33 heavy (non-hydrogen) atoms. The second-order valence-corrected chi connectivity index (χ2v) is 12.5. The minimum absolute atomic E-state index is 0.133. The fourth-order valence-electron chi connectivity index (χ4n) is 2.07. The van der Waals surface area contributed by atoms with Crippen molar-refractivity contribution in [2.24, 2.45) is 0 Å². The molecule has 192 valence electrons. The van der Waals surface area contributed by atoms with Crippen molar-refractivity contribution in [3.8, 4) is 0 Å². The largest absolute Gasteiger partial charge is 0.276 e. The third-order valence-corrected chi connectivity index (χ3v) is 7.61. The molecule has 0 spiro atoms. The standard InChI is InChI=1S/C15H33N9O6S3/c1-4-7-10-31(25,26)22-19-13-16-14(20-23-32(27,28)11-8-5-2)18-15(17-13)21-24-33(29,30)12-9-6-3/h22-24H,4-12H2,1-3H3,(H3,16,17,18,19,20,21). The maximum absolute atomic E-state index is 12.0.